The van der Waals surface area contributed by atoms with E-state index in [1.54, 1.807) is 6.20 Å². The monoisotopic (exact) mass is 574 g/mol. The molecule has 9 rings (SSSR count). The Morgan fingerprint density at radius 1 is 0.422 bits per heavy atom. The molecular formula is C41H26N4. The average Bonchev–Trinajstić information content (AvgIpc) is 3.43. The van der Waals surface area contributed by atoms with E-state index in [9.17, 15) is 0 Å². The largest absolute Gasteiger partial charge is 0.293 e. The number of hydrogen-bond acceptors (Lipinski definition) is 3. The first-order chi connectivity index (χ1) is 22.3. The number of pyridine rings is 1. The SMILES string of the molecule is c1ccc(-c2ccc3c4cc5ccccc5cc4n(-c4nc(-c5ccc(-c6cccnc6)cc5)nc5ccccc45)c3c2)cc1. The van der Waals surface area contributed by atoms with Crippen LogP contribution in [-0.4, -0.2) is 19.5 Å². The molecule has 0 unspecified atom stereocenters. The quantitative estimate of drug-likeness (QED) is 0.210. The van der Waals surface area contributed by atoms with Crippen molar-refractivity contribution in [1.29, 1.82) is 0 Å². The van der Waals surface area contributed by atoms with Crippen molar-refractivity contribution in [3.05, 3.63) is 158 Å². The summed E-state index contributed by atoms with van der Waals surface area (Å²) in [4.78, 5) is 14.7. The van der Waals surface area contributed by atoms with Crippen LogP contribution in [0.3, 0.4) is 0 Å². The van der Waals surface area contributed by atoms with E-state index in [1.165, 1.54) is 32.7 Å². The van der Waals surface area contributed by atoms with Gasteiger partial charge in [0.1, 0.15) is 5.82 Å². The summed E-state index contributed by atoms with van der Waals surface area (Å²) in [5.41, 5.74) is 8.64. The molecule has 0 radical (unpaired) electrons. The second-order valence-electron chi connectivity index (χ2n) is 11.4. The average molecular weight is 575 g/mol. The molecule has 45 heavy (non-hydrogen) atoms. The summed E-state index contributed by atoms with van der Waals surface area (Å²) in [6.07, 6.45) is 3.68. The molecule has 0 aliphatic rings. The number of fused-ring (bicyclic) bond motifs is 5. The van der Waals surface area contributed by atoms with Gasteiger partial charge in [-0.3, -0.25) is 9.55 Å². The summed E-state index contributed by atoms with van der Waals surface area (Å²) in [6.45, 7) is 0. The van der Waals surface area contributed by atoms with Crippen LogP contribution in [0.4, 0.5) is 0 Å². The molecule has 0 saturated heterocycles. The Morgan fingerprint density at radius 3 is 1.91 bits per heavy atom. The predicted molar refractivity (Wildman–Crippen MR) is 185 cm³/mol. The minimum Gasteiger partial charge on any atom is -0.293 e. The van der Waals surface area contributed by atoms with Crippen molar-refractivity contribution in [2.75, 3.05) is 0 Å². The maximum atomic E-state index is 5.34. The molecule has 0 spiro atoms. The fraction of sp³-hybridized carbons (Fsp3) is 0. The summed E-state index contributed by atoms with van der Waals surface area (Å²) in [5, 5.41) is 5.82. The van der Waals surface area contributed by atoms with E-state index in [2.05, 4.69) is 143 Å². The molecule has 0 amide bonds. The minimum absolute atomic E-state index is 0.691. The van der Waals surface area contributed by atoms with Crippen LogP contribution in [0, 0.1) is 0 Å². The van der Waals surface area contributed by atoms with Gasteiger partial charge in [0, 0.05) is 34.1 Å². The number of hydrogen-bond donors (Lipinski definition) is 0. The molecule has 4 nitrogen and oxygen atoms in total. The summed E-state index contributed by atoms with van der Waals surface area (Å²) in [7, 11) is 0. The molecule has 0 atom stereocenters. The van der Waals surface area contributed by atoms with Crippen LogP contribution in [0.25, 0.3) is 82.9 Å². The van der Waals surface area contributed by atoms with Gasteiger partial charge in [-0.15, -0.1) is 0 Å². The molecule has 6 aromatic carbocycles. The number of benzene rings is 6. The fourth-order valence-electron chi connectivity index (χ4n) is 6.45. The number of nitrogens with zero attached hydrogens (tertiary/aromatic N) is 4. The smallest absolute Gasteiger partial charge is 0.162 e. The Kier molecular flexibility index (Phi) is 5.78. The number of aromatic nitrogens is 4. The zero-order valence-corrected chi connectivity index (χ0v) is 24.3. The van der Waals surface area contributed by atoms with E-state index >= 15 is 0 Å². The van der Waals surface area contributed by atoms with Crippen molar-refractivity contribution in [3.8, 4) is 39.5 Å². The lowest BCUT2D eigenvalue weighted by Gasteiger charge is -2.13. The van der Waals surface area contributed by atoms with Gasteiger partial charge < -0.3 is 0 Å². The van der Waals surface area contributed by atoms with E-state index < -0.39 is 0 Å². The molecular weight excluding hydrogens is 548 g/mol. The standard InChI is InChI=1S/C41H26N4/c1-2-9-27(10-3-1)32-20-21-34-36-23-30-11-4-5-12-31(30)24-39(36)45(38(34)25-32)41-35-14-6-7-15-37(35)43-40(44-41)29-18-16-28(17-19-29)33-13-8-22-42-26-33/h1-26H. The van der Waals surface area contributed by atoms with Crippen LogP contribution in [0.5, 0.6) is 0 Å². The maximum Gasteiger partial charge on any atom is 0.162 e. The second kappa shape index (κ2) is 10.2. The predicted octanol–water partition coefficient (Wildman–Crippen LogP) is 10.3. The molecule has 4 heteroatoms. The Morgan fingerprint density at radius 2 is 1.09 bits per heavy atom. The highest BCUT2D eigenvalue weighted by atomic mass is 15.1. The number of rotatable bonds is 4. The van der Waals surface area contributed by atoms with E-state index in [1.807, 2.05) is 18.3 Å². The molecule has 0 saturated carbocycles. The second-order valence-corrected chi connectivity index (χ2v) is 11.4. The first-order valence-corrected chi connectivity index (χ1v) is 15.1. The fourth-order valence-corrected chi connectivity index (χ4v) is 6.45. The van der Waals surface area contributed by atoms with Gasteiger partial charge in [0.25, 0.3) is 0 Å². The van der Waals surface area contributed by atoms with E-state index in [0.29, 0.717) is 5.82 Å². The zero-order chi connectivity index (χ0) is 29.7. The van der Waals surface area contributed by atoms with Gasteiger partial charge in [0.2, 0.25) is 0 Å². The maximum absolute atomic E-state index is 5.34. The summed E-state index contributed by atoms with van der Waals surface area (Å²) in [5.74, 6) is 1.56. The van der Waals surface area contributed by atoms with Crippen LogP contribution in [0.2, 0.25) is 0 Å². The molecule has 0 aliphatic heterocycles. The molecule has 0 bridgehead atoms. The van der Waals surface area contributed by atoms with Crippen molar-refractivity contribution in [2.45, 2.75) is 0 Å². The first-order valence-electron chi connectivity index (χ1n) is 15.1. The molecule has 0 aliphatic carbocycles. The summed E-state index contributed by atoms with van der Waals surface area (Å²) < 4.78 is 2.33. The minimum atomic E-state index is 0.691. The third-order valence-electron chi connectivity index (χ3n) is 8.67. The Labute approximate surface area is 259 Å². The van der Waals surface area contributed by atoms with E-state index in [-0.39, 0.29) is 0 Å². The third-order valence-corrected chi connectivity index (χ3v) is 8.67. The van der Waals surface area contributed by atoms with Crippen LogP contribution in [0.15, 0.2) is 158 Å². The molecule has 9 aromatic rings. The van der Waals surface area contributed by atoms with E-state index in [4.69, 9.17) is 9.97 Å². The van der Waals surface area contributed by atoms with Crippen molar-refractivity contribution < 1.29 is 0 Å². The summed E-state index contributed by atoms with van der Waals surface area (Å²) in [6, 6.07) is 51.3. The lowest BCUT2D eigenvalue weighted by atomic mass is 10.0. The van der Waals surface area contributed by atoms with Crippen LogP contribution >= 0.6 is 0 Å². The molecule has 0 fully saturated rings. The van der Waals surface area contributed by atoms with Gasteiger partial charge in [0.15, 0.2) is 5.82 Å². The van der Waals surface area contributed by atoms with Gasteiger partial charge in [-0.2, -0.15) is 0 Å². The van der Waals surface area contributed by atoms with Gasteiger partial charge in [-0.05, 0) is 69.4 Å². The molecule has 0 N–H and O–H groups in total. The van der Waals surface area contributed by atoms with Gasteiger partial charge in [-0.1, -0.05) is 109 Å². The zero-order valence-electron chi connectivity index (χ0n) is 24.3. The Bertz CT molecular complexity index is 2520. The third kappa shape index (κ3) is 4.27. The Balaban J connectivity index is 1.33. The number of para-hydroxylation sites is 1. The first kappa shape index (κ1) is 25.4. The molecule has 3 aromatic heterocycles. The topological polar surface area (TPSA) is 43.6 Å². The van der Waals surface area contributed by atoms with Crippen molar-refractivity contribution >= 4 is 43.5 Å². The van der Waals surface area contributed by atoms with Crippen LogP contribution < -0.4 is 0 Å². The van der Waals surface area contributed by atoms with Gasteiger partial charge in [0.05, 0.1) is 16.6 Å². The normalized spacial score (nSPS) is 11.6. The van der Waals surface area contributed by atoms with Crippen LogP contribution in [-0.2, 0) is 0 Å². The van der Waals surface area contributed by atoms with Crippen molar-refractivity contribution in [2.24, 2.45) is 0 Å². The highest BCUT2D eigenvalue weighted by molar-refractivity contribution is 6.15. The Hall–Kier alpha value is -6.13. The van der Waals surface area contributed by atoms with Crippen molar-refractivity contribution in [3.63, 3.8) is 0 Å². The molecule has 3 heterocycles. The lowest BCUT2D eigenvalue weighted by Crippen LogP contribution is -2.02. The van der Waals surface area contributed by atoms with E-state index in [0.717, 1.165) is 44.4 Å². The van der Waals surface area contributed by atoms with Crippen LogP contribution in [0.1, 0.15) is 0 Å². The van der Waals surface area contributed by atoms with Gasteiger partial charge >= 0.3 is 0 Å². The summed E-state index contributed by atoms with van der Waals surface area (Å²) >= 11 is 0. The lowest BCUT2D eigenvalue weighted by molar-refractivity contribution is 1.08. The van der Waals surface area contributed by atoms with Crippen molar-refractivity contribution in [1.82, 2.24) is 19.5 Å². The molecule has 210 valence electrons. The highest BCUT2D eigenvalue weighted by Crippen LogP contribution is 2.38. The highest BCUT2D eigenvalue weighted by Gasteiger charge is 2.19. The van der Waals surface area contributed by atoms with Gasteiger partial charge in [-0.25, -0.2) is 9.97 Å².